The van der Waals surface area contributed by atoms with Crippen LogP contribution in [0.5, 0.6) is 0 Å². The molecule has 4 nitrogen and oxygen atoms in total. The van der Waals surface area contributed by atoms with Crippen molar-refractivity contribution in [2.75, 3.05) is 0 Å². The molecule has 0 radical (unpaired) electrons. The fraction of sp³-hybridized carbons (Fsp3) is 0.385. The topological polar surface area (TPSA) is 62.1 Å². The van der Waals surface area contributed by atoms with Gasteiger partial charge in [0.15, 0.2) is 0 Å². The van der Waals surface area contributed by atoms with Crippen molar-refractivity contribution in [3.05, 3.63) is 33.8 Å². The lowest BCUT2D eigenvalue weighted by molar-refractivity contribution is 0.0515. The Balaban J connectivity index is 2.85. The van der Waals surface area contributed by atoms with Crippen molar-refractivity contribution >= 4 is 29.3 Å². The molecular weight excluding hydrogens is 287 g/mol. The van der Waals surface area contributed by atoms with Gasteiger partial charge in [-0.3, -0.25) is 0 Å². The van der Waals surface area contributed by atoms with Crippen LogP contribution in [0.15, 0.2) is 18.2 Å². The molecule has 1 unspecified atom stereocenters. The Kier molecular flexibility index (Phi) is 5.04. The number of hydrogen-bond acceptors (Lipinski definition) is 3. The lowest BCUT2D eigenvalue weighted by atomic mass is 10.1. The van der Waals surface area contributed by atoms with Crippen LogP contribution in [0.2, 0.25) is 10.0 Å². The highest BCUT2D eigenvalue weighted by Gasteiger charge is 2.21. The van der Waals surface area contributed by atoms with Crippen molar-refractivity contribution in [3.63, 3.8) is 0 Å². The van der Waals surface area contributed by atoms with Crippen LogP contribution in [0.3, 0.4) is 0 Å². The van der Waals surface area contributed by atoms with E-state index in [2.05, 4.69) is 5.32 Å². The summed E-state index contributed by atoms with van der Waals surface area (Å²) in [6.45, 7) is 5.22. The summed E-state index contributed by atoms with van der Waals surface area (Å²) >= 11 is 11.8. The van der Waals surface area contributed by atoms with Gasteiger partial charge in [-0.05, 0) is 32.9 Å². The zero-order valence-corrected chi connectivity index (χ0v) is 12.3. The second-order valence-corrected chi connectivity index (χ2v) is 5.72. The molecule has 0 aliphatic carbocycles. The van der Waals surface area contributed by atoms with E-state index >= 15 is 0 Å². The Bertz CT molecular complexity index is 518. The smallest absolute Gasteiger partial charge is 0.408 e. The van der Waals surface area contributed by atoms with E-state index in [9.17, 15) is 4.79 Å². The average molecular weight is 301 g/mol. The third-order valence-electron chi connectivity index (χ3n) is 2.06. The predicted molar refractivity (Wildman–Crippen MR) is 74.2 cm³/mol. The molecule has 0 aliphatic rings. The Hall–Kier alpha value is -1.44. The fourth-order valence-electron chi connectivity index (χ4n) is 1.34. The van der Waals surface area contributed by atoms with Gasteiger partial charge in [-0.25, -0.2) is 4.79 Å². The molecule has 6 heteroatoms. The summed E-state index contributed by atoms with van der Waals surface area (Å²) in [4.78, 5) is 11.6. The highest BCUT2D eigenvalue weighted by Crippen LogP contribution is 2.26. The molecule has 1 aromatic carbocycles. The van der Waals surface area contributed by atoms with E-state index in [0.29, 0.717) is 15.6 Å². The number of halogens is 2. The zero-order valence-electron chi connectivity index (χ0n) is 10.8. The number of amides is 1. The van der Waals surface area contributed by atoms with Crippen LogP contribution in [0.4, 0.5) is 4.79 Å². The van der Waals surface area contributed by atoms with Crippen molar-refractivity contribution in [1.29, 1.82) is 5.26 Å². The molecule has 0 spiro atoms. The number of carbonyl (C=O) groups is 1. The van der Waals surface area contributed by atoms with Gasteiger partial charge in [-0.15, -0.1) is 0 Å². The van der Waals surface area contributed by atoms with Crippen LogP contribution in [0.25, 0.3) is 0 Å². The van der Waals surface area contributed by atoms with Crippen LogP contribution in [-0.2, 0) is 4.74 Å². The molecule has 19 heavy (non-hydrogen) atoms. The number of benzene rings is 1. The first-order chi connectivity index (χ1) is 8.73. The molecule has 0 saturated heterocycles. The SMILES string of the molecule is CC(C)(C)OC(=O)NC(C#N)c1ccc(Cl)cc1Cl. The molecule has 0 bridgehead atoms. The number of nitriles is 1. The molecule has 1 N–H and O–H groups in total. The third kappa shape index (κ3) is 4.98. The summed E-state index contributed by atoms with van der Waals surface area (Å²) in [5, 5.41) is 12.3. The van der Waals surface area contributed by atoms with Gasteiger partial charge in [-0.1, -0.05) is 29.3 Å². The summed E-state index contributed by atoms with van der Waals surface area (Å²) in [7, 11) is 0. The fourth-order valence-corrected chi connectivity index (χ4v) is 1.86. The van der Waals surface area contributed by atoms with Gasteiger partial charge in [0.25, 0.3) is 0 Å². The standard InChI is InChI=1S/C13H14Cl2N2O2/c1-13(2,3)19-12(18)17-11(7-16)9-5-4-8(14)6-10(9)15/h4-6,11H,1-3H3,(H,17,18). The third-order valence-corrected chi connectivity index (χ3v) is 2.63. The summed E-state index contributed by atoms with van der Waals surface area (Å²) < 4.78 is 5.08. The molecule has 0 saturated carbocycles. The first-order valence-corrected chi connectivity index (χ1v) is 6.32. The maximum Gasteiger partial charge on any atom is 0.408 e. The van der Waals surface area contributed by atoms with E-state index in [4.69, 9.17) is 33.2 Å². The summed E-state index contributed by atoms with van der Waals surface area (Å²) in [6, 6.07) is 5.77. The first kappa shape index (κ1) is 15.6. The second-order valence-electron chi connectivity index (χ2n) is 4.87. The molecule has 0 aromatic heterocycles. The Morgan fingerprint density at radius 3 is 2.53 bits per heavy atom. The number of nitrogens with one attached hydrogen (secondary N) is 1. The average Bonchev–Trinajstić information content (AvgIpc) is 2.24. The van der Waals surface area contributed by atoms with E-state index in [1.54, 1.807) is 32.9 Å². The van der Waals surface area contributed by atoms with Gasteiger partial charge in [0, 0.05) is 15.6 Å². The van der Waals surface area contributed by atoms with Gasteiger partial charge in [0.05, 0.1) is 6.07 Å². The minimum Gasteiger partial charge on any atom is -0.444 e. The molecule has 1 aromatic rings. The van der Waals surface area contributed by atoms with Crippen molar-refractivity contribution in [1.82, 2.24) is 5.32 Å². The van der Waals surface area contributed by atoms with Crippen molar-refractivity contribution < 1.29 is 9.53 Å². The van der Waals surface area contributed by atoms with E-state index in [1.807, 2.05) is 6.07 Å². The Morgan fingerprint density at radius 1 is 1.42 bits per heavy atom. The Labute approximate surface area is 122 Å². The lowest BCUT2D eigenvalue weighted by Crippen LogP contribution is -2.34. The lowest BCUT2D eigenvalue weighted by Gasteiger charge is -2.21. The number of alkyl carbamates (subject to hydrolysis) is 1. The van der Waals surface area contributed by atoms with Crippen LogP contribution in [0.1, 0.15) is 32.4 Å². The zero-order chi connectivity index (χ0) is 14.6. The van der Waals surface area contributed by atoms with Crippen LogP contribution in [0, 0.1) is 11.3 Å². The minimum absolute atomic E-state index is 0.315. The first-order valence-electron chi connectivity index (χ1n) is 5.57. The monoisotopic (exact) mass is 300 g/mol. The number of carbonyl (C=O) groups excluding carboxylic acids is 1. The maximum absolute atomic E-state index is 11.6. The second kappa shape index (κ2) is 6.14. The number of nitrogens with zero attached hydrogens (tertiary/aromatic N) is 1. The summed E-state index contributed by atoms with van der Waals surface area (Å²) in [6.07, 6.45) is -0.676. The highest BCUT2D eigenvalue weighted by atomic mass is 35.5. The van der Waals surface area contributed by atoms with Crippen LogP contribution < -0.4 is 5.32 Å². The summed E-state index contributed by atoms with van der Waals surface area (Å²) in [5.41, 5.74) is -0.159. The molecule has 0 fully saturated rings. The summed E-state index contributed by atoms with van der Waals surface area (Å²) in [5.74, 6) is 0. The van der Waals surface area contributed by atoms with Gasteiger partial charge in [0.1, 0.15) is 11.6 Å². The van der Waals surface area contributed by atoms with Gasteiger partial charge in [0.2, 0.25) is 0 Å². The van der Waals surface area contributed by atoms with Crippen molar-refractivity contribution in [2.24, 2.45) is 0 Å². The molecule has 1 atom stereocenters. The maximum atomic E-state index is 11.6. The number of hydrogen-bond donors (Lipinski definition) is 1. The van der Waals surface area contributed by atoms with Crippen LogP contribution >= 0.6 is 23.2 Å². The number of rotatable bonds is 2. The minimum atomic E-state index is -0.889. The van der Waals surface area contributed by atoms with Gasteiger partial charge < -0.3 is 10.1 Å². The molecule has 0 heterocycles. The molecular formula is C13H14Cl2N2O2. The Morgan fingerprint density at radius 2 is 2.05 bits per heavy atom. The van der Waals surface area contributed by atoms with Gasteiger partial charge >= 0.3 is 6.09 Å². The highest BCUT2D eigenvalue weighted by molar-refractivity contribution is 6.35. The largest absolute Gasteiger partial charge is 0.444 e. The van der Waals surface area contributed by atoms with Crippen molar-refractivity contribution in [3.8, 4) is 6.07 Å². The molecule has 1 rings (SSSR count). The number of ether oxygens (including phenoxy) is 1. The van der Waals surface area contributed by atoms with Crippen LogP contribution in [-0.4, -0.2) is 11.7 Å². The van der Waals surface area contributed by atoms with E-state index in [1.165, 1.54) is 6.07 Å². The van der Waals surface area contributed by atoms with E-state index in [0.717, 1.165) is 0 Å². The normalized spacial score (nSPS) is 12.4. The molecule has 0 aliphatic heterocycles. The van der Waals surface area contributed by atoms with Crippen molar-refractivity contribution in [2.45, 2.75) is 32.4 Å². The quantitative estimate of drug-likeness (QED) is 0.895. The van der Waals surface area contributed by atoms with E-state index in [-0.39, 0.29) is 0 Å². The van der Waals surface area contributed by atoms with Gasteiger partial charge in [-0.2, -0.15) is 5.26 Å². The molecule has 102 valence electrons. The predicted octanol–water partition coefficient (Wildman–Crippen LogP) is 4.08. The van der Waals surface area contributed by atoms with E-state index < -0.39 is 17.7 Å². The molecule has 1 amide bonds.